The van der Waals surface area contributed by atoms with Gasteiger partial charge in [0.15, 0.2) is 0 Å². The third-order valence-electron chi connectivity index (χ3n) is 4.66. The molecule has 0 bridgehead atoms. The van der Waals surface area contributed by atoms with Crippen molar-refractivity contribution in [3.05, 3.63) is 65.7 Å². The summed E-state index contributed by atoms with van der Waals surface area (Å²) in [6.07, 6.45) is 7.89. The molecule has 3 heterocycles. The van der Waals surface area contributed by atoms with Crippen molar-refractivity contribution in [3.63, 3.8) is 0 Å². The average Bonchev–Trinajstić information content (AvgIpc) is 3.10. The maximum absolute atomic E-state index is 12.3. The van der Waals surface area contributed by atoms with Crippen LogP contribution in [0, 0.1) is 0 Å². The van der Waals surface area contributed by atoms with E-state index in [1.165, 1.54) is 18.4 Å². The second-order valence-corrected chi connectivity index (χ2v) is 6.41. The summed E-state index contributed by atoms with van der Waals surface area (Å²) in [7, 11) is 0. The Morgan fingerprint density at radius 1 is 1.32 bits per heavy atom. The number of rotatable bonds is 4. The first-order chi connectivity index (χ1) is 12.3. The fourth-order valence-electron chi connectivity index (χ4n) is 3.28. The van der Waals surface area contributed by atoms with Gasteiger partial charge in [0.2, 0.25) is 5.78 Å². The highest BCUT2D eigenvalue weighted by molar-refractivity contribution is 5.94. The first-order valence-corrected chi connectivity index (χ1v) is 8.67. The van der Waals surface area contributed by atoms with Crippen LogP contribution >= 0.6 is 0 Å². The predicted molar refractivity (Wildman–Crippen MR) is 95.4 cm³/mol. The number of imidazole rings is 1. The summed E-state index contributed by atoms with van der Waals surface area (Å²) in [6.45, 7) is 2.51. The van der Waals surface area contributed by atoms with E-state index in [9.17, 15) is 4.79 Å². The molecule has 2 N–H and O–H groups in total. The fraction of sp³-hybridized carbons (Fsp3) is 0.316. The fourth-order valence-corrected chi connectivity index (χ4v) is 3.28. The highest BCUT2D eigenvalue weighted by atomic mass is 16.1. The van der Waals surface area contributed by atoms with Crippen LogP contribution in [0.5, 0.6) is 0 Å². The number of nitrogens with zero attached hydrogens (tertiary/aromatic N) is 3. The summed E-state index contributed by atoms with van der Waals surface area (Å²) in [5.41, 5.74) is 2.77. The molecule has 2 aromatic heterocycles. The maximum atomic E-state index is 12.3. The van der Waals surface area contributed by atoms with Crippen molar-refractivity contribution >= 4 is 11.7 Å². The van der Waals surface area contributed by atoms with E-state index in [4.69, 9.17) is 0 Å². The van der Waals surface area contributed by atoms with Gasteiger partial charge in [0.1, 0.15) is 0 Å². The lowest BCUT2D eigenvalue weighted by atomic mass is 9.91. The van der Waals surface area contributed by atoms with Gasteiger partial charge < -0.3 is 10.6 Å². The number of fused-ring (bicyclic) bond motifs is 1. The lowest BCUT2D eigenvalue weighted by molar-refractivity contribution is 0.0950. The molecule has 1 aromatic carbocycles. The Hall–Kier alpha value is -2.73. The number of carbonyl (C=O) groups excluding carboxylic acids is 1. The molecule has 0 spiro atoms. The van der Waals surface area contributed by atoms with Crippen LogP contribution in [0.25, 0.3) is 5.78 Å². The topological polar surface area (TPSA) is 71.3 Å². The Balaban J connectivity index is 1.38. The van der Waals surface area contributed by atoms with Crippen molar-refractivity contribution in [3.8, 4) is 0 Å². The van der Waals surface area contributed by atoms with Gasteiger partial charge in [-0.2, -0.15) is 0 Å². The Morgan fingerprint density at radius 3 is 2.96 bits per heavy atom. The number of carbonyl (C=O) groups is 1. The molecule has 25 heavy (non-hydrogen) atoms. The van der Waals surface area contributed by atoms with E-state index in [-0.39, 0.29) is 5.91 Å². The van der Waals surface area contributed by atoms with Crippen LogP contribution in [-0.2, 0) is 6.54 Å². The van der Waals surface area contributed by atoms with Crippen LogP contribution in [0.15, 0.2) is 48.9 Å². The largest absolute Gasteiger partial charge is 0.346 e. The van der Waals surface area contributed by atoms with Crippen molar-refractivity contribution in [1.29, 1.82) is 0 Å². The normalized spacial score (nSPS) is 17.5. The first kappa shape index (κ1) is 15.8. The molecular formula is C19H21N5O. The molecule has 1 atom stereocenters. The van der Waals surface area contributed by atoms with Crippen molar-refractivity contribution in [2.45, 2.75) is 25.3 Å². The van der Waals surface area contributed by atoms with E-state index >= 15 is 0 Å². The van der Waals surface area contributed by atoms with Crippen LogP contribution in [0.3, 0.4) is 0 Å². The van der Waals surface area contributed by atoms with Gasteiger partial charge in [0, 0.05) is 30.7 Å². The quantitative estimate of drug-likeness (QED) is 0.766. The molecule has 0 unspecified atom stereocenters. The van der Waals surface area contributed by atoms with Crippen LogP contribution in [-0.4, -0.2) is 33.4 Å². The molecule has 1 amide bonds. The SMILES string of the molecule is O=C(NCc1cn2cccnc2n1)c1ccc([C@@H]2CCCNC2)cc1. The molecule has 6 nitrogen and oxygen atoms in total. The molecule has 1 aliphatic rings. The summed E-state index contributed by atoms with van der Waals surface area (Å²) in [5, 5.41) is 6.35. The van der Waals surface area contributed by atoms with Gasteiger partial charge in [-0.05, 0) is 49.1 Å². The second-order valence-electron chi connectivity index (χ2n) is 6.41. The zero-order chi connectivity index (χ0) is 17.1. The number of benzene rings is 1. The zero-order valence-electron chi connectivity index (χ0n) is 14.0. The molecule has 4 rings (SSSR count). The molecule has 3 aromatic rings. The highest BCUT2D eigenvalue weighted by Gasteiger charge is 2.15. The van der Waals surface area contributed by atoms with Gasteiger partial charge in [-0.3, -0.25) is 9.20 Å². The summed E-state index contributed by atoms with van der Waals surface area (Å²) in [5.74, 6) is 1.10. The number of nitrogens with one attached hydrogen (secondary N) is 2. The number of piperidine rings is 1. The molecule has 0 saturated carbocycles. The minimum absolute atomic E-state index is 0.0849. The van der Waals surface area contributed by atoms with E-state index in [2.05, 4.69) is 32.7 Å². The number of amides is 1. The molecule has 6 heteroatoms. The number of hydrogen-bond acceptors (Lipinski definition) is 4. The minimum Gasteiger partial charge on any atom is -0.346 e. The summed E-state index contributed by atoms with van der Waals surface area (Å²) < 4.78 is 1.84. The molecule has 0 aliphatic carbocycles. The zero-order valence-corrected chi connectivity index (χ0v) is 14.0. The van der Waals surface area contributed by atoms with Crippen molar-refractivity contribution in [2.24, 2.45) is 0 Å². The Morgan fingerprint density at radius 2 is 2.20 bits per heavy atom. The average molecular weight is 335 g/mol. The monoisotopic (exact) mass is 335 g/mol. The van der Waals surface area contributed by atoms with Gasteiger partial charge in [0.25, 0.3) is 5.91 Å². The summed E-state index contributed by atoms with van der Waals surface area (Å²) in [6, 6.07) is 9.80. The molecule has 1 fully saturated rings. The van der Waals surface area contributed by atoms with Gasteiger partial charge in [-0.1, -0.05) is 12.1 Å². The Kier molecular flexibility index (Phi) is 4.43. The third-order valence-corrected chi connectivity index (χ3v) is 4.66. The van der Waals surface area contributed by atoms with E-state index in [1.54, 1.807) is 6.20 Å². The minimum atomic E-state index is -0.0849. The van der Waals surface area contributed by atoms with Crippen LogP contribution < -0.4 is 10.6 Å². The first-order valence-electron chi connectivity index (χ1n) is 8.67. The molecule has 1 saturated heterocycles. The van der Waals surface area contributed by atoms with Crippen LogP contribution in [0.4, 0.5) is 0 Å². The molecular weight excluding hydrogens is 314 g/mol. The third kappa shape index (κ3) is 3.53. The lowest BCUT2D eigenvalue weighted by Crippen LogP contribution is -2.28. The number of aromatic nitrogens is 3. The van der Waals surface area contributed by atoms with Crippen molar-refractivity contribution < 1.29 is 4.79 Å². The molecule has 128 valence electrons. The van der Waals surface area contributed by atoms with Gasteiger partial charge in [0.05, 0.1) is 12.2 Å². The van der Waals surface area contributed by atoms with Gasteiger partial charge >= 0.3 is 0 Å². The summed E-state index contributed by atoms with van der Waals surface area (Å²) >= 11 is 0. The maximum Gasteiger partial charge on any atom is 0.251 e. The van der Waals surface area contributed by atoms with Crippen molar-refractivity contribution in [1.82, 2.24) is 25.0 Å². The standard InChI is InChI=1S/C19H21N5O/c25-18(22-12-17-13-24-10-2-9-21-19(24)23-17)15-6-4-14(5-7-15)16-3-1-8-20-11-16/h2,4-7,9-10,13,16,20H,1,3,8,11-12H2,(H,22,25)/t16-/m1/s1. The smallest absolute Gasteiger partial charge is 0.251 e. The van der Waals surface area contributed by atoms with Crippen LogP contribution in [0.2, 0.25) is 0 Å². The lowest BCUT2D eigenvalue weighted by Gasteiger charge is -2.23. The molecule has 1 aliphatic heterocycles. The van der Waals surface area contributed by atoms with Gasteiger partial charge in [-0.15, -0.1) is 0 Å². The number of hydrogen-bond donors (Lipinski definition) is 2. The highest BCUT2D eigenvalue weighted by Crippen LogP contribution is 2.23. The van der Waals surface area contributed by atoms with E-state index in [0.29, 0.717) is 23.8 Å². The molecule has 0 radical (unpaired) electrons. The van der Waals surface area contributed by atoms with E-state index in [1.807, 2.05) is 35.0 Å². The summed E-state index contributed by atoms with van der Waals surface area (Å²) in [4.78, 5) is 20.9. The van der Waals surface area contributed by atoms with Crippen LogP contribution in [0.1, 0.15) is 40.4 Å². The second kappa shape index (κ2) is 7.03. The Labute approximate surface area is 146 Å². The van der Waals surface area contributed by atoms with E-state index < -0.39 is 0 Å². The predicted octanol–water partition coefficient (Wildman–Crippen LogP) is 2.13. The van der Waals surface area contributed by atoms with Crippen molar-refractivity contribution in [2.75, 3.05) is 13.1 Å². The van der Waals surface area contributed by atoms with Gasteiger partial charge in [-0.25, -0.2) is 9.97 Å². The van der Waals surface area contributed by atoms with E-state index in [0.717, 1.165) is 18.8 Å². The Bertz CT molecular complexity index is 832.